The zero-order valence-electron chi connectivity index (χ0n) is 10.3. The van der Waals surface area contributed by atoms with E-state index >= 15 is 0 Å². The summed E-state index contributed by atoms with van der Waals surface area (Å²) >= 11 is 0. The van der Waals surface area contributed by atoms with Crippen molar-refractivity contribution in [1.82, 2.24) is 10.3 Å². The maximum atomic E-state index is 12.1. The molecule has 19 heavy (non-hydrogen) atoms. The number of amides is 1. The van der Waals surface area contributed by atoms with Crippen LogP contribution in [0, 0.1) is 0 Å². The SMILES string of the molecule is O=C(N[C@H]1c2ccccc2C[C@@H]1O)c1ccncc1. The summed E-state index contributed by atoms with van der Waals surface area (Å²) in [5, 5.41) is 13.0. The molecule has 3 rings (SSSR count). The fraction of sp³-hybridized carbons (Fsp3) is 0.200. The van der Waals surface area contributed by atoms with Crippen molar-refractivity contribution in [3.05, 3.63) is 65.5 Å². The molecule has 0 saturated carbocycles. The first kappa shape index (κ1) is 11.9. The summed E-state index contributed by atoms with van der Waals surface area (Å²) in [5.41, 5.74) is 2.64. The van der Waals surface area contributed by atoms with E-state index in [-0.39, 0.29) is 11.9 Å². The smallest absolute Gasteiger partial charge is 0.251 e. The maximum absolute atomic E-state index is 12.1. The predicted octanol–water partition coefficient (Wildman–Crippen LogP) is 1.47. The Kier molecular flexibility index (Phi) is 3.01. The molecule has 4 nitrogen and oxygen atoms in total. The number of rotatable bonds is 2. The lowest BCUT2D eigenvalue weighted by Crippen LogP contribution is -2.33. The van der Waals surface area contributed by atoms with Crippen molar-refractivity contribution in [3.8, 4) is 0 Å². The molecular weight excluding hydrogens is 240 g/mol. The summed E-state index contributed by atoms with van der Waals surface area (Å²) in [4.78, 5) is 16.0. The molecule has 1 heterocycles. The minimum atomic E-state index is -0.566. The van der Waals surface area contributed by atoms with Crippen LogP contribution in [-0.4, -0.2) is 22.1 Å². The Morgan fingerprint density at radius 2 is 1.95 bits per heavy atom. The molecule has 2 aromatic rings. The first-order valence-corrected chi connectivity index (χ1v) is 6.22. The molecular formula is C15H14N2O2. The number of carbonyl (C=O) groups is 1. The summed E-state index contributed by atoms with van der Waals surface area (Å²) in [7, 11) is 0. The quantitative estimate of drug-likeness (QED) is 0.853. The second kappa shape index (κ2) is 4.82. The van der Waals surface area contributed by atoms with Gasteiger partial charge in [-0.05, 0) is 23.3 Å². The van der Waals surface area contributed by atoms with E-state index < -0.39 is 6.10 Å². The van der Waals surface area contributed by atoms with Crippen LogP contribution in [0.25, 0.3) is 0 Å². The van der Waals surface area contributed by atoms with Crippen LogP contribution in [0.1, 0.15) is 27.5 Å². The average molecular weight is 254 g/mol. The zero-order valence-corrected chi connectivity index (χ0v) is 10.3. The molecule has 1 aliphatic rings. The first-order valence-electron chi connectivity index (χ1n) is 6.22. The molecule has 0 aliphatic heterocycles. The lowest BCUT2D eigenvalue weighted by atomic mass is 10.1. The predicted molar refractivity (Wildman–Crippen MR) is 70.6 cm³/mol. The molecule has 0 unspecified atom stereocenters. The zero-order chi connectivity index (χ0) is 13.2. The van der Waals surface area contributed by atoms with Crippen molar-refractivity contribution in [3.63, 3.8) is 0 Å². The van der Waals surface area contributed by atoms with Gasteiger partial charge in [-0.2, -0.15) is 0 Å². The van der Waals surface area contributed by atoms with Gasteiger partial charge in [0, 0.05) is 24.4 Å². The van der Waals surface area contributed by atoms with Gasteiger partial charge in [0.2, 0.25) is 0 Å². The molecule has 4 heteroatoms. The molecule has 1 aromatic carbocycles. The summed E-state index contributed by atoms with van der Waals surface area (Å²) in [5.74, 6) is -0.192. The number of pyridine rings is 1. The van der Waals surface area contributed by atoms with Crippen LogP contribution in [-0.2, 0) is 6.42 Å². The van der Waals surface area contributed by atoms with Crippen molar-refractivity contribution in [1.29, 1.82) is 0 Å². The topological polar surface area (TPSA) is 62.2 Å². The highest BCUT2D eigenvalue weighted by molar-refractivity contribution is 5.94. The second-order valence-electron chi connectivity index (χ2n) is 4.66. The van der Waals surface area contributed by atoms with Gasteiger partial charge >= 0.3 is 0 Å². The third-order valence-corrected chi connectivity index (χ3v) is 3.43. The standard InChI is InChI=1S/C15H14N2O2/c18-13-9-11-3-1-2-4-12(11)14(13)17-15(19)10-5-7-16-8-6-10/h1-8,13-14,18H,9H2,(H,17,19)/t13-,14-/m0/s1. The van der Waals surface area contributed by atoms with Crippen molar-refractivity contribution in [2.75, 3.05) is 0 Å². The number of carbonyl (C=O) groups excluding carboxylic acids is 1. The van der Waals surface area contributed by atoms with E-state index in [1.54, 1.807) is 24.5 Å². The largest absolute Gasteiger partial charge is 0.390 e. The third kappa shape index (κ3) is 2.22. The number of aromatic nitrogens is 1. The average Bonchev–Trinajstić information content (AvgIpc) is 2.76. The molecule has 0 fully saturated rings. The molecule has 2 atom stereocenters. The number of hydrogen-bond donors (Lipinski definition) is 2. The third-order valence-electron chi connectivity index (χ3n) is 3.43. The Balaban J connectivity index is 1.82. The van der Waals surface area contributed by atoms with E-state index in [2.05, 4.69) is 10.3 Å². The van der Waals surface area contributed by atoms with E-state index in [9.17, 15) is 9.90 Å². The Labute approximate surface area is 111 Å². The van der Waals surface area contributed by atoms with Crippen LogP contribution < -0.4 is 5.32 Å². The fourth-order valence-corrected chi connectivity index (χ4v) is 2.48. The number of nitrogens with zero attached hydrogens (tertiary/aromatic N) is 1. The van der Waals surface area contributed by atoms with E-state index in [1.165, 1.54) is 0 Å². The van der Waals surface area contributed by atoms with Gasteiger partial charge in [0.1, 0.15) is 0 Å². The number of hydrogen-bond acceptors (Lipinski definition) is 3. The molecule has 1 amide bonds. The molecule has 96 valence electrons. The van der Waals surface area contributed by atoms with Crippen LogP contribution in [0.5, 0.6) is 0 Å². The molecule has 1 aliphatic carbocycles. The summed E-state index contributed by atoms with van der Waals surface area (Å²) in [6.07, 6.45) is 3.17. The van der Waals surface area contributed by atoms with Crippen LogP contribution in [0.2, 0.25) is 0 Å². The number of nitrogens with one attached hydrogen (secondary N) is 1. The minimum Gasteiger partial charge on any atom is -0.390 e. The Morgan fingerprint density at radius 1 is 1.21 bits per heavy atom. The van der Waals surface area contributed by atoms with Crippen molar-refractivity contribution in [2.45, 2.75) is 18.6 Å². The highest BCUT2D eigenvalue weighted by Crippen LogP contribution is 2.31. The molecule has 0 radical (unpaired) electrons. The number of fused-ring (bicyclic) bond motifs is 1. The Hall–Kier alpha value is -2.20. The Bertz CT molecular complexity index is 598. The van der Waals surface area contributed by atoms with Crippen molar-refractivity contribution in [2.24, 2.45) is 0 Å². The lowest BCUT2D eigenvalue weighted by molar-refractivity contribution is 0.0858. The van der Waals surface area contributed by atoms with Gasteiger partial charge in [0.15, 0.2) is 0 Å². The highest BCUT2D eigenvalue weighted by Gasteiger charge is 2.31. The van der Waals surface area contributed by atoms with Gasteiger partial charge in [-0.3, -0.25) is 9.78 Å². The normalized spacial score (nSPS) is 20.9. The van der Waals surface area contributed by atoms with Crippen LogP contribution in [0.15, 0.2) is 48.8 Å². The Morgan fingerprint density at radius 3 is 2.74 bits per heavy atom. The molecule has 0 saturated heterocycles. The van der Waals surface area contributed by atoms with Gasteiger partial charge < -0.3 is 10.4 Å². The van der Waals surface area contributed by atoms with E-state index in [0.29, 0.717) is 12.0 Å². The fourth-order valence-electron chi connectivity index (χ4n) is 2.48. The van der Waals surface area contributed by atoms with Gasteiger partial charge in [0.05, 0.1) is 12.1 Å². The van der Waals surface area contributed by atoms with E-state index in [0.717, 1.165) is 11.1 Å². The summed E-state index contributed by atoms with van der Waals surface area (Å²) in [6.45, 7) is 0. The molecule has 0 spiro atoms. The van der Waals surface area contributed by atoms with E-state index in [4.69, 9.17) is 0 Å². The maximum Gasteiger partial charge on any atom is 0.251 e. The highest BCUT2D eigenvalue weighted by atomic mass is 16.3. The van der Waals surface area contributed by atoms with Crippen molar-refractivity contribution < 1.29 is 9.90 Å². The summed E-state index contributed by atoms with van der Waals surface area (Å²) < 4.78 is 0. The van der Waals surface area contributed by atoms with Gasteiger partial charge in [-0.1, -0.05) is 24.3 Å². The van der Waals surface area contributed by atoms with Crippen molar-refractivity contribution >= 4 is 5.91 Å². The van der Waals surface area contributed by atoms with Gasteiger partial charge in [-0.15, -0.1) is 0 Å². The number of aliphatic hydroxyl groups excluding tert-OH is 1. The summed E-state index contributed by atoms with van der Waals surface area (Å²) in [6, 6.07) is 10.8. The van der Waals surface area contributed by atoms with Crippen LogP contribution in [0.4, 0.5) is 0 Å². The van der Waals surface area contributed by atoms with Gasteiger partial charge in [-0.25, -0.2) is 0 Å². The minimum absolute atomic E-state index is 0.192. The van der Waals surface area contributed by atoms with Gasteiger partial charge in [0.25, 0.3) is 5.91 Å². The lowest BCUT2D eigenvalue weighted by Gasteiger charge is -2.17. The van der Waals surface area contributed by atoms with E-state index in [1.807, 2.05) is 24.3 Å². The molecule has 2 N–H and O–H groups in total. The monoisotopic (exact) mass is 254 g/mol. The molecule has 1 aromatic heterocycles. The number of aliphatic hydroxyl groups is 1. The number of benzene rings is 1. The second-order valence-corrected chi connectivity index (χ2v) is 4.66. The van der Waals surface area contributed by atoms with Crippen LogP contribution in [0.3, 0.4) is 0 Å². The molecule has 0 bridgehead atoms. The van der Waals surface area contributed by atoms with Crippen LogP contribution >= 0.6 is 0 Å². The first-order chi connectivity index (χ1) is 9.25.